The van der Waals surface area contributed by atoms with E-state index in [0.717, 1.165) is 38.5 Å². The van der Waals surface area contributed by atoms with E-state index in [0.29, 0.717) is 6.42 Å². The fraction of sp³-hybridized carbons (Fsp3) is 0.842. The molecule has 3 nitrogen and oxygen atoms in total. The number of aliphatic hydroxyl groups excluding tert-OH is 1. The van der Waals surface area contributed by atoms with Crippen molar-refractivity contribution >= 4 is 35.5 Å². The van der Waals surface area contributed by atoms with Crippen molar-refractivity contribution in [1.29, 1.82) is 0 Å². The molecule has 1 N–H and O–H groups in total. The Bertz CT molecular complexity index is 280. The Morgan fingerprint density at radius 2 is 1.65 bits per heavy atom. The van der Waals surface area contributed by atoms with Gasteiger partial charge < -0.3 is 9.84 Å². The number of carbonyl (C=O) groups is 1. The Morgan fingerprint density at radius 3 is 2.35 bits per heavy atom. The monoisotopic (exact) mass is 335 g/mol. The van der Waals surface area contributed by atoms with E-state index in [1.54, 1.807) is 0 Å². The number of allylic oxidation sites excluding steroid dienone is 1. The predicted molar refractivity (Wildman–Crippen MR) is 98.6 cm³/mol. The maximum atomic E-state index is 10.9. The quantitative estimate of drug-likeness (QED) is 0.203. The summed E-state index contributed by atoms with van der Waals surface area (Å²) in [6.45, 7) is 2.21. The number of methoxy groups -OCH3 is 1. The molecule has 0 saturated carbocycles. The molecule has 0 aromatic heterocycles. The van der Waals surface area contributed by atoms with Crippen LogP contribution in [0.2, 0.25) is 0 Å². The zero-order valence-electron chi connectivity index (χ0n) is 15.7. The second kappa shape index (κ2) is 20.2. The summed E-state index contributed by atoms with van der Waals surface area (Å²) in [6.07, 6.45) is 18.1. The molecule has 4 heteroatoms. The van der Waals surface area contributed by atoms with Gasteiger partial charge in [0.15, 0.2) is 0 Å². The molecular formula is C19H36NaO3. The smallest absolute Gasteiger partial charge is 0.305 e. The van der Waals surface area contributed by atoms with E-state index in [4.69, 9.17) is 0 Å². The Balaban J connectivity index is 0. The van der Waals surface area contributed by atoms with Crippen LogP contribution in [0.4, 0.5) is 0 Å². The van der Waals surface area contributed by atoms with E-state index < -0.39 is 0 Å². The van der Waals surface area contributed by atoms with Crippen LogP contribution in [0.15, 0.2) is 12.2 Å². The third kappa shape index (κ3) is 20.1. The summed E-state index contributed by atoms with van der Waals surface area (Å²) in [5.74, 6) is -0.101. The molecule has 0 bridgehead atoms. The molecule has 0 aromatic carbocycles. The first kappa shape index (κ1) is 25.4. The topological polar surface area (TPSA) is 46.5 Å². The van der Waals surface area contributed by atoms with E-state index in [1.165, 1.54) is 45.6 Å². The first-order valence-electron chi connectivity index (χ1n) is 9.10. The molecule has 1 atom stereocenters. The summed E-state index contributed by atoms with van der Waals surface area (Å²) in [7, 11) is 1.44. The van der Waals surface area contributed by atoms with Gasteiger partial charge in [-0.15, -0.1) is 0 Å². The molecule has 0 aliphatic rings. The number of carbonyl (C=O) groups excluding carboxylic acids is 1. The van der Waals surface area contributed by atoms with Crippen LogP contribution in [-0.4, -0.2) is 53.8 Å². The van der Waals surface area contributed by atoms with Crippen molar-refractivity contribution in [2.45, 2.75) is 96.5 Å². The first-order chi connectivity index (χ1) is 10.7. The summed E-state index contributed by atoms with van der Waals surface area (Å²) < 4.78 is 4.61. The fourth-order valence-corrected chi connectivity index (χ4v) is 2.46. The van der Waals surface area contributed by atoms with Crippen molar-refractivity contribution in [2.75, 3.05) is 7.11 Å². The number of rotatable bonds is 15. The summed E-state index contributed by atoms with van der Waals surface area (Å²) in [5, 5.41) is 9.82. The van der Waals surface area contributed by atoms with E-state index in [2.05, 4.69) is 23.8 Å². The van der Waals surface area contributed by atoms with Crippen LogP contribution < -0.4 is 0 Å². The Kier molecular flexibility index (Phi) is 22.3. The Hall–Kier alpha value is 0.170. The van der Waals surface area contributed by atoms with Gasteiger partial charge in [-0.05, 0) is 32.1 Å². The molecule has 0 aromatic rings. The van der Waals surface area contributed by atoms with Gasteiger partial charge in [-0.1, -0.05) is 64.0 Å². The number of aliphatic hydroxyl groups is 1. The van der Waals surface area contributed by atoms with E-state index in [1.807, 2.05) is 0 Å². The molecule has 0 fully saturated rings. The first-order valence-corrected chi connectivity index (χ1v) is 9.10. The molecule has 0 unspecified atom stereocenters. The number of hydrogen-bond acceptors (Lipinski definition) is 3. The third-order valence-electron chi connectivity index (χ3n) is 3.95. The maximum absolute atomic E-state index is 10.9. The van der Waals surface area contributed by atoms with Gasteiger partial charge in [0.25, 0.3) is 0 Å². The van der Waals surface area contributed by atoms with Crippen molar-refractivity contribution < 1.29 is 14.6 Å². The van der Waals surface area contributed by atoms with Crippen LogP contribution in [0.5, 0.6) is 0 Å². The van der Waals surface area contributed by atoms with Crippen LogP contribution in [-0.2, 0) is 9.53 Å². The van der Waals surface area contributed by atoms with Gasteiger partial charge >= 0.3 is 5.97 Å². The summed E-state index contributed by atoms with van der Waals surface area (Å²) >= 11 is 0. The van der Waals surface area contributed by atoms with Gasteiger partial charge in [-0.3, -0.25) is 4.79 Å². The number of ether oxygens (including phenoxy) is 1. The minimum atomic E-state index is -0.161. The van der Waals surface area contributed by atoms with E-state index in [9.17, 15) is 9.90 Å². The zero-order valence-corrected chi connectivity index (χ0v) is 17.7. The average molecular weight is 335 g/mol. The normalized spacial score (nSPS) is 12.1. The minimum absolute atomic E-state index is 0. The molecule has 0 amide bonds. The van der Waals surface area contributed by atoms with Gasteiger partial charge in [0.1, 0.15) is 0 Å². The van der Waals surface area contributed by atoms with Crippen molar-refractivity contribution in [3.05, 3.63) is 12.2 Å². The molecule has 0 saturated heterocycles. The van der Waals surface area contributed by atoms with Gasteiger partial charge in [-0.25, -0.2) is 0 Å². The van der Waals surface area contributed by atoms with Crippen molar-refractivity contribution in [1.82, 2.24) is 0 Å². The maximum Gasteiger partial charge on any atom is 0.305 e. The van der Waals surface area contributed by atoms with Crippen LogP contribution in [0, 0.1) is 0 Å². The molecule has 1 radical (unpaired) electrons. The molecule has 131 valence electrons. The molecule has 0 aliphatic carbocycles. The van der Waals surface area contributed by atoms with Crippen molar-refractivity contribution in [3.8, 4) is 0 Å². The second-order valence-electron chi connectivity index (χ2n) is 6.09. The zero-order chi connectivity index (χ0) is 16.5. The summed E-state index contributed by atoms with van der Waals surface area (Å²) in [6, 6.07) is 0. The van der Waals surface area contributed by atoms with Gasteiger partial charge in [0, 0.05) is 36.0 Å². The molecule has 0 rings (SSSR count). The Morgan fingerprint density at radius 1 is 1.00 bits per heavy atom. The van der Waals surface area contributed by atoms with Crippen LogP contribution in [0.25, 0.3) is 0 Å². The van der Waals surface area contributed by atoms with E-state index in [-0.39, 0.29) is 41.6 Å². The largest absolute Gasteiger partial charge is 0.469 e. The van der Waals surface area contributed by atoms with Crippen LogP contribution in [0.3, 0.4) is 0 Å². The predicted octanol–water partition coefficient (Wildman–Crippen LogP) is 4.79. The van der Waals surface area contributed by atoms with Gasteiger partial charge in [0.2, 0.25) is 0 Å². The minimum Gasteiger partial charge on any atom is -0.469 e. The van der Waals surface area contributed by atoms with Gasteiger partial charge in [-0.2, -0.15) is 0 Å². The Labute approximate surface area is 165 Å². The SMILES string of the molecule is CCCCCC[C@@H](O)C/C=C\CCCCCCCC(=O)OC.[Na]. The molecule has 23 heavy (non-hydrogen) atoms. The number of esters is 1. The van der Waals surface area contributed by atoms with Crippen molar-refractivity contribution in [3.63, 3.8) is 0 Å². The van der Waals surface area contributed by atoms with E-state index >= 15 is 0 Å². The van der Waals surface area contributed by atoms with Crippen LogP contribution in [0.1, 0.15) is 90.4 Å². The molecule has 0 spiro atoms. The standard InChI is InChI=1S/C19H36O3.Na/c1-3-4-5-12-15-18(20)16-13-10-8-6-7-9-11-14-17-19(21)22-2;/h10,13,18,20H,3-9,11-12,14-17H2,1-2H3;/b13-10-;/t18-;/m1./s1. The number of hydrogen-bond donors (Lipinski definition) is 1. The molecular weight excluding hydrogens is 299 g/mol. The van der Waals surface area contributed by atoms with Crippen LogP contribution >= 0.6 is 0 Å². The third-order valence-corrected chi connectivity index (χ3v) is 3.95. The summed E-state index contributed by atoms with van der Waals surface area (Å²) in [4.78, 5) is 10.9. The molecule has 0 aliphatic heterocycles. The van der Waals surface area contributed by atoms with Gasteiger partial charge in [0.05, 0.1) is 13.2 Å². The fourth-order valence-electron chi connectivity index (χ4n) is 2.46. The number of unbranched alkanes of at least 4 members (excludes halogenated alkanes) is 8. The van der Waals surface area contributed by atoms with Crippen molar-refractivity contribution in [2.24, 2.45) is 0 Å². The average Bonchev–Trinajstić information content (AvgIpc) is 2.53. The summed E-state index contributed by atoms with van der Waals surface area (Å²) in [5.41, 5.74) is 0. The molecule has 0 heterocycles. The second-order valence-corrected chi connectivity index (χ2v) is 6.09.